The summed E-state index contributed by atoms with van der Waals surface area (Å²) in [6, 6.07) is 7.91. The zero-order valence-corrected chi connectivity index (χ0v) is 10.6. The summed E-state index contributed by atoms with van der Waals surface area (Å²) >= 11 is 0. The van der Waals surface area contributed by atoms with Gasteiger partial charge in [-0.3, -0.25) is 9.69 Å². The Balaban J connectivity index is 2.26. The molecule has 0 bridgehead atoms. The molecule has 17 heavy (non-hydrogen) atoms. The summed E-state index contributed by atoms with van der Waals surface area (Å²) in [4.78, 5) is 16.1. The second-order valence-electron chi connectivity index (χ2n) is 4.51. The smallest absolute Gasteiger partial charge is 0.244 e. The van der Waals surface area contributed by atoms with E-state index < -0.39 is 0 Å². The van der Waals surface area contributed by atoms with Crippen molar-refractivity contribution in [1.29, 1.82) is 0 Å². The molecule has 1 aromatic rings. The lowest BCUT2D eigenvalue weighted by atomic mass is 10.0. The lowest BCUT2D eigenvalue weighted by Crippen LogP contribution is -2.48. The zero-order valence-electron chi connectivity index (χ0n) is 10.6. The van der Waals surface area contributed by atoms with Crippen LogP contribution in [0.2, 0.25) is 0 Å². The van der Waals surface area contributed by atoms with E-state index in [4.69, 9.17) is 0 Å². The number of anilines is 1. The van der Waals surface area contributed by atoms with Gasteiger partial charge in [-0.25, -0.2) is 0 Å². The fourth-order valence-corrected chi connectivity index (χ4v) is 2.17. The molecular weight excluding hydrogens is 214 g/mol. The average Bonchev–Trinajstić information content (AvgIpc) is 2.35. The van der Waals surface area contributed by atoms with Crippen LogP contribution in [-0.2, 0) is 4.79 Å². The van der Waals surface area contributed by atoms with Gasteiger partial charge >= 0.3 is 0 Å². The van der Waals surface area contributed by atoms with Crippen LogP contribution in [-0.4, -0.2) is 49.9 Å². The minimum absolute atomic E-state index is 0.139. The molecule has 0 spiro atoms. The third-order valence-corrected chi connectivity index (χ3v) is 3.35. The Kier molecular flexibility index (Phi) is 3.33. The molecule has 1 N–H and O–H groups in total. The van der Waals surface area contributed by atoms with Crippen molar-refractivity contribution in [2.24, 2.45) is 0 Å². The Morgan fingerprint density at radius 1 is 1.18 bits per heavy atom. The standard InChI is InChI=1S/C13H19N3O/c1-14-11-6-4-10(5-7-11)12-13(17)16(3)9-8-15(12)2/h4-7,12,14H,8-9H2,1-3H3. The largest absolute Gasteiger partial charge is 0.388 e. The topological polar surface area (TPSA) is 35.6 Å². The van der Waals surface area contributed by atoms with Crippen molar-refractivity contribution in [1.82, 2.24) is 9.80 Å². The molecule has 1 amide bonds. The monoisotopic (exact) mass is 233 g/mol. The van der Waals surface area contributed by atoms with E-state index in [-0.39, 0.29) is 11.9 Å². The highest BCUT2D eigenvalue weighted by Gasteiger charge is 2.31. The third kappa shape index (κ3) is 2.26. The molecule has 0 saturated carbocycles. The molecule has 1 aliphatic heterocycles. The van der Waals surface area contributed by atoms with Crippen molar-refractivity contribution >= 4 is 11.6 Å². The van der Waals surface area contributed by atoms with Gasteiger partial charge in [-0.1, -0.05) is 12.1 Å². The van der Waals surface area contributed by atoms with E-state index in [2.05, 4.69) is 10.2 Å². The Bertz CT molecular complexity index is 402. The minimum atomic E-state index is -0.139. The van der Waals surface area contributed by atoms with Crippen LogP contribution >= 0.6 is 0 Å². The number of nitrogens with zero attached hydrogens (tertiary/aromatic N) is 2. The molecule has 1 aliphatic rings. The van der Waals surface area contributed by atoms with Crippen molar-refractivity contribution in [2.45, 2.75) is 6.04 Å². The summed E-state index contributed by atoms with van der Waals surface area (Å²) in [6.07, 6.45) is 0. The number of nitrogens with one attached hydrogen (secondary N) is 1. The van der Waals surface area contributed by atoms with Gasteiger partial charge in [0.25, 0.3) is 0 Å². The molecule has 1 aromatic carbocycles. The third-order valence-electron chi connectivity index (χ3n) is 3.35. The van der Waals surface area contributed by atoms with Crippen LogP contribution in [0.4, 0.5) is 5.69 Å². The average molecular weight is 233 g/mol. The second kappa shape index (κ2) is 4.75. The van der Waals surface area contributed by atoms with Crippen LogP contribution < -0.4 is 5.32 Å². The Morgan fingerprint density at radius 3 is 2.41 bits per heavy atom. The molecule has 1 heterocycles. The first-order valence-electron chi connectivity index (χ1n) is 5.86. The highest BCUT2D eigenvalue weighted by atomic mass is 16.2. The van der Waals surface area contributed by atoms with Gasteiger partial charge in [0, 0.05) is 32.9 Å². The van der Waals surface area contributed by atoms with Gasteiger partial charge in [-0.05, 0) is 24.7 Å². The summed E-state index contributed by atoms with van der Waals surface area (Å²) in [5, 5.41) is 3.08. The van der Waals surface area contributed by atoms with Crippen molar-refractivity contribution in [3.63, 3.8) is 0 Å². The van der Waals surface area contributed by atoms with E-state index in [1.165, 1.54) is 0 Å². The number of carbonyl (C=O) groups excluding carboxylic acids is 1. The lowest BCUT2D eigenvalue weighted by molar-refractivity contribution is -0.139. The number of likely N-dealkylation sites (N-methyl/N-ethyl adjacent to an activating group) is 2. The first-order valence-corrected chi connectivity index (χ1v) is 5.86. The van der Waals surface area contributed by atoms with Crippen molar-refractivity contribution in [3.8, 4) is 0 Å². The Morgan fingerprint density at radius 2 is 1.82 bits per heavy atom. The van der Waals surface area contributed by atoms with Crippen LogP contribution in [0, 0.1) is 0 Å². The normalized spacial score (nSPS) is 21.7. The molecule has 2 rings (SSSR count). The maximum absolute atomic E-state index is 12.2. The van der Waals surface area contributed by atoms with Crippen molar-refractivity contribution in [2.75, 3.05) is 39.5 Å². The minimum Gasteiger partial charge on any atom is -0.388 e. The first-order chi connectivity index (χ1) is 8.13. The molecule has 1 fully saturated rings. The molecule has 92 valence electrons. The number of hydrogen-bond donors (Lipinski definition) is 1. The molecule has 1 saturated heterocycles. The summed E-state index contributed by atoms with van der Waals surface area (Å²) < 4.78 is 0. The van der Waals surface area contributed by atoms with Crippen LogP contribution in [0.15, 0.2) is 24.3 Å². The highest BCUT2D eigenvalue weighted by Crippen LogP contribution is 2.25. The van der Waals surface area contributed by atoms with Crippen LogP contribution in [0.5, 0.6) is 0 Å². The second-order valence-corrected chi connectivity index (χ2v) is 4.51. The van der Waals surface area contributed by atoms with E-state index in [9.17, 15) is 4.79 Å². The number of hydrogen-bond acceptors (Lipinski definition) is 3. The van der Waals surface area contributed by atoms with E-state index in [1.54, 1.807) is 4.90 Å². The molecule has 1 atom stereocenters. The van der Waals surface area contributed by atoms with Crippen molar-refractivity contribution in [3.05, 3.63) is 29.8 Å². The number of piperazine rings is 1. The van der Waals surface area contributed by atoms with E-state index in [1.807, 2.05) is 45.4 Å². The van der Waals surface area contributed by atoms with Gasteiger partial charge in [-0.2, -0.15) is 0 Å². The lowest BCUT2D eigenvalue weighted by Gasteiger charge is -2.37. The molecule has 1 unspecified atom stereocenters. The first kappa shape index (κ1) is 11.9. The number of amides is 1. The summed E-state index contributed by atoms with van der Waals surface area (Å²) in [5.41, 5.74) is 2.12. The van der Waals surface area contributed by atoms with Gasteiger partial charge in [0.1, 0.15) is 6.04 Å². The number of rotatable bonds is 2. The molecule has 0 aromatic heterocycles. The summed E-state index contributed by atoms with van der Waals surface area (Å²) in [6.45, 7) is 1.72. The van der Waals surface area contributed by atoms with Crippen LogP contribution in [0.3, 0.4) is 0 Å². The predicted molar refractivity (Wildman–Crippen MR) is 69.0 cm³/mol. The maximum atomic E-state index is 12.2. The molecule has 4 nitrogen and oxygen atoms in total. The molecule has 0 radical (unpaired) electrons. The van der Waals surface area contributed by atoms with Crippen molar-refractivity contribution < 1.29 is 4.79 Å². The van der Waals surface area contributed by atoms with E-state index in [0.29, 0.717) is 0 Å². The number of carbonyl (C=O) groups is 1. The predicted octanol–water partition coefficient (Wildman–Crippen LogP) is 1.17. The SMILES string of the molecule is CNc1ccc(C2C(=O)N(C)CCN2C)cc1. The van der Waals surface area contributed by atoms with E-state index in [0.717, 1.165) is 24.3 Å². The number of benzene rings is 1. The quantitative estimate of drug-likeness (QED) is 0.833. The fourth-order valence-electron chi connectivity index (χ4n) is 2.17. The molecule has 4 heteroatoms. The summed E-state index contributed by atoms with van der Waals surface area (Å²) in [5.74, 6) is 0.177. The van der Waals surface area contributed by atoms with Crippen LogP contribution in [0.1, 0.15) is 11.6 Å². The van der Waals surface area contributed by atoms with Gasteiger partial charge in [0.2, 0.25) is 5.91 Å². The van der Waals surface area contributed by atoms with Crippen LogP contribution in [0.25, 0.3) is 0 Å². The molecule has 0 aliphatic carbocycles. The van der Waals surface area contributed by atoms with Gasteiger partial charge < -0.3 is 10.2 Å². The molecular formula is C13H19N3O. The fraction of sp³-hybridized carbons (Fsp3) is 0.462. The van der Waals surface area contributed by atoms with E-state index >= 15 is 0 Å². The maximum Gasteiger partial charge on any atom is 0.244 e. The Hall–Kier alpha value is -1.55. The highest BCUT2D eigenvalue weighted by molar-refractivity contribution is 5.83. The Labute approximate surface area is 102 Å². The zero-order chi connectivity index (χ0) is 12.4. The van der Waals surface area contributed by atoms with Gasteiger partial charge in [0.15, 0.2) is 0 Å². The van der Waals surface area contributed by atoms with Gasteiger partial charge in [0.05, 0.1) is 0 Å². The summed E-state index contributed by atoms with van der Waals surface area (Å²) in [7, 11) is 5.76. The van der Waals surface area contributed by atoms with Gasteiger partial charge in [-0.15, -0.1) is 0 Å².